The maximum absolute atomic E-state index is 9.91. The largest absolute Gasteiger partial charge is 0.464 e. The van der Waals surface area contributed by atoms with Gasteiger partial charge in [-0.25, -0.2) is 10.1 Å². The van der Waals surface area contributed by atoms with E-state index in [9.17, 15) is 4.79 Å². The molecule has 0 rings (SSSR count). The number of ether oxygens (including phenoxy) is 2. The van der Waals surface area contributed by atoms with Crippen molar-refractivity contribution in [1.29, 1.82) is 0 Å². The van der Waals surface area contributed by atoms with Gasteiger partial charge in [0.2, 0.25) is 0 Å². The van der Waals surface area contributed by atoms with Crippen molar-refractivity contribution in [2.75, 3.05) is 33.4 Å². The second-order valence-corrected chi connectivity index (χ2v) is 2.22. The minimum Gasteiger partial charge on any atom is -0.464 e. The van der Waals surface area contributed by atoms with Crippen LogP contribution in [0, 0.1) is 12.2 Å². The number of hydrogen-bond acceptors (Lipinski definition) is 4. The van der Waals surface area contributed by atoms with Gasteiger partial charge < -0.3 is 19.9 Å². The molecule has 80 valence electrons. The molecule has 1 amide bonds. The number of carbonyl (C=O) groups is 1. The summed E-state index contributed by atoms with van der Waals surface area (Å²) < 4.78 is 9.84. The van der Waals surface area contributed by atoms with Gasteiger partial charge in [0.25, 0.3) is 0 Å². The molecular weight excluding hydrogens is 188 g/mol. The molecule has 6 heteroatoms. The van der Waals surface area contributed by atoms with E-state index in [1.807, 2.05) is 12.4 Å². The van der Waals surface area contributed by atoms with Crippen molar-refractivity contribution in [3.8, 4) is 12.2 Å². The summed E-state index contributed by atoms with van der Waals surface area (Å²) in [6.07, 6.45) is 0.968. The summed E-state index contributed by atoms with van der Waals surface area (Å²) in [5.41, 5.74) is 0. The van der Waals surface area contributed by atoms with Gasteiger partial charge in [-0.15, -0.1) is 0 Å². The molecular formula is C8H14N2O4. The van der Waals surface area contributed by atoms with Crippen LogP contribution in [-0.4, -0.2) is 44.6 Å². The normalized spacial score (nSPS) is 8.64. The van der Waals surface area contributed by atoms with Crippen molar-refractivity contribution in [1.82, 2.24) is 10.6 Å². The molecule has 0 fully saturated rings. The first-order valence-electron chi connectivity index (χ1n) is 4.10. The minimum absolute atomic E-state index is 0.317. The van der Waals surface area contributed by atoms with Crippen LogP contribution in [-0.2, 0) is 9.47 Å². The van der Waals surface area contributed by atoms with E-state index in [1.165, 1.54) is 0 Å². The van der Waals surface area contributed by atoms with E-state index >= 15 is 0 Å². The number of carboxylic acid groups (broad SMARTS) is 1. The maximum atomic E-state index is 9.91. The zero-order chi connectivity index (χ0) is 10.6. The number of hydrogen-bond donors (Lipinski definition) is 3. The lowest BCUT2D eigenvalue weighted by Crippen LogP contribution is -2.16. The molecule has 0 atom stereocenters. The molecule has 0 aliphatic heterocycles. The Morgan fingerprint density at radius 3 is 2.86 bits per heavy atom. The predicted octanol–water partition coefficient (Wildman–Crippen LogP) is -0.575. The fourth-order valence-corrected chi connectivity index (χ4v) is 0.543. The van der Waals surface area contributed by atoms with Gasteiger partial charge in [0.15, 0.2) is 0 Å². The third kappa shape index (κ3) is 10.6. The van der Waals surface area contributed by atoms with Gasteiger partial charge in [-0.1, -0.05) is 0 Å². The average Bonchev–Trinajstić information content (AvgIpc) is 2.15. The zero-order valence-electron chi connectivity index (χ0n) is 8.00. The smallest absolute Gasteiger partial charge is 0.416 e. The Bertz CT molecular complexity index is 209. The second kappa shape index (κ2) is 9.64. The summed E-state index contributed by atoms with van der Waals surface area (Å²) in [4.78, 5) is 9.91. The quantitative estimate of drug-likeness (QED) is 0.305. The molecule has 0 aliphatic rings. The van der Waals surface area contributed by atoms with Crippen LogP contribution in [0.15, 0.2) is 0 Å². The lowest BCUT2D eigenvalue weighted by atomic mass is 10.7. The molecule has 0 bridgehead atoms. The fraction of sp³-hybridized carbons (Fsp3) is 0.625. The molecule has 0 unspecified atom stereocenters. The Morgan fingerprint density at radius 1 is 1.43 bits per heavy atom. The van der Waals surface area contributed by atoms with Crippen molar-refractivity contribution >= 4 is 6.09 Å². The van der Waals surface area contributed by atoms with Gasteiger partial charge in [-0.2, -0.15) is 0 Å². The minimum atomic E-state index is -1.20. The van der Waals surface area contributed by atoms with E-state index in [2.05, 4.69) is 17.5 Å². The molecule has 0 aromatic carbocycles. The molecule has 14 heavy (non-hydrogen) atoms. The van der Waals surface area contributed by atoms with Gasteiger partial charge in [0.05, 0.1) is 19.3 Å². The Morgan fingerprint density at radius 2 is 2.21 bits per heavy atom. The number of rotatable bonds is 6. The summed E-state index contributed by atoms with van der Waals surface area (Å²) in [7, 11) is 1.84. The molecule has 0 spiro atoms. The Labute approximate surface area is 82.6 Å². The van der Waals surface area contributed by atoms with Crippen molar-refractivity contribution in [3.05, 3.63) is 0 Å². The van der Waals surface area contributed by atoms with E-state index in [-0.39, 0.29) is 0 Å². The van der Waals surface area contributed by atoms with E-state index in [0.717, 1.165) is 6.54 Å². The second-order valence-electron chi connectivity index (χ2n) is 2.22. The molecule has 0 saturated heterocycles. The molecule has 0 saturated carbocycles. The molecule has 3 N–H and O–H groups in total. The highest BCUT2D eigenvalue weighted by atomic mass is 16.5. The van der Waals surface area contributed by atoms with Crippen molar-refractivity contribution in [3.63, 3.8) is 0 Å². The average molecular weight is 202 g/mol. The lowest BCUT2D eigenvalue weighted by molar-refractivity contribution is 0.0933. The number of amides is 1. The summed E-state index contributed by atoms with van der Waals surface area (Å²) in [5.74, 6) is 0. The first kappa shape index (κ1) is 12.6. The first-order chi connectivity index (χ1) is 6.77. The number of likely N-dealkylation sites (N-methyl/N-ethyl adjacent to an activating group) is 1. The Balaban J connectivity index is 3.11. The highest BCUT2D eigenvalue weighted by Gasteiger charge is 1.87. The van der Waals surface area contributed by atoms with Crippen LogP contribution >= 0.6 is 0 Å². The highest BCUT2D eigenvalue weighted by molar-refractivity contribution is 5.66. The molecule has 0 heterocycles. The fourth-order valence-electron chi connectivity index (χ4n) is 0.543. The summed E-state index contributed by atoms with van der Waals surface area (Å²) in [5, 5.41) is 12.9. The highest BCUT2D eigenvalue weighted by Crippen LogP contribution is 1.75. The monoisotopic (exact) mass is 202 g/mol. The molecule has 0 aliphatic carbocycles. The van der Waals surface area contributed by atoms with Crippen LogP contribution in [0.3, 0.4) is 0 Å². The van der Waals surface area contributed by atoms with Crippen LogP contribution in [0.25, 0.3) is 0 Å². The van der Waals surface area contributed by atoms with Crippen molar-refractivity contribution < 1.29 is 19.4 Å². The molecule has 0 aromatic heterocycles. The van der Waals surface area contributed by atoms with Gasteiger partial charge in [0.1, 0.15) is 12.7 Å². The van der Waals surface area contributed by atoms with Crippen LogP contribution in [0.2, 0.25) is 0 Å². The Hall–Kier alpha value is -1.45. The summed E-state index contributed by atoms with van der Waals surface area (Å²) in [6.45, 7) is 2.15. The van der Waals surface area contributed by atoms with Crippen molar-refractivity contribution in [2.45, 2.75) is 0 Å². The first-order valence-corrected chi connectivity index (χ1v) is 4.10. The van der Waals surface area contributed by atoms with Crippen LogP contribution in [0.1, 0.15) is 0 Å². The zero-order valence-corrected chi connectivity index (χ0v) is 8.00. The Kier molecular flexibility index (Phi) is 8.64. The van der Waals surface area contributed by atoms with Crippen LogP contribution in [0.5, 0.6) is 0 Å². The van der Waals surface area contributed by atoms with Crippen molar-refractivity contribution in [2.24, 2.45) is 0 Å². The summed E-state index contributed by atoms with van der Waals surface area (Å²) >= 11 is 0. The van der Waals surface area contributed by atoms with E-state index in [0.29, 0.717) is 19.8 Å². The van der Waals surface area contributed by atoms with Gasteiger partial charge in [-0.05, 0) is 7.05 Å². The van der Waals surface area contributed by atoms with Gasteiger partial charge in [-0.3, -0.25) is 0 Å². The third-order valence-electron chi connectivity index (χ3n) is 1.12. The SMILES string of the molecule is CNCCOCCOC#CNC(=O)O. The molecule has 6 nitrogen and oxygen atoms in total. The molecule has 0 radical (unpaired) electrons. The van der Waals surface area contributed by atoms with Crippen LogP contribution < -0.4 is 10.6 Å². The maximum Gasteiger partial charge on any atom is 0.416 e. The number of nitrogens with one attached hydrogen (secondary N) is 2. The topological polar surface area (TPSA) is 79.8 Å². The molecule has 0 aromatic rings. The van der Waals surface area contributed by atoms with E-state index < -0.39 is 6.09 Å². The standard InChI is InChI=1S/C8H14N2O4/c1-9-2-4-13-6-7-14-5-3-10-8(11)12/h9-10H,2,4,6-7H2,1H3,(H,11,12). The van der Waals surface area contributed by atoms with E-state index in [4.69, 9.17) is 14.6 Å². The predicted molar refractivity (Wildman–Crippen MR) is 49.6 cm³/mol. The van der Waals surface area contributed by atoms with Crippen LogP contribution in [0.4, 0.5) is 4.79 Å². The van der Waals surface area contributed by atoms with Gasteiger partial charge in [0, 0.05) is 6.54 Å². The lowest BCUT2D eigenvalue weighted by Gasteiger charge is -2.01. The third-order valence-corrected chi connectivity index (χ3v) is 1.12. The summed E-state index contributed by atoms with van der Waals surface area (Å²) in [6, 6.07) is 2.10. The van der Waals surface area contributed by atoms with E-state index in [1.54, 1.807) is 0 Å². The van der Waals surface area contributed by atoms with Gasteiger partial charge >= 0.3 is 6.09 Å².